The SMILES string of the molecule is COCCNc1cc(C)c(C#N)c(Cl)n1. The Bertz CT molecular complexity index is 364. The molecule has 1 heterocycles. The van der Waals surface area contributed by atoms with E-state index in [-0.39, 0.29) is 5.15 Å². The molecule has 0 fully saturated rings. The van der Waals surface area contributed by atoms with Gasteiger partial charge in [-0.15, -0.1) is 0 Å². The van der Waals surface area contributed by atoms with Crippen LogP contribution < -0.4 is 5.32 Å². The summed E-state index contributed by atoms with van der Waals surface area (Å²) < 4.78 is 4.89. The van der Waals surface area contributed by atoms with Crippen LogP contribution in [0, 0.1) is 18.3 Å². The van der Waals surface area contributed by atoms with Crippen molar-refractivity contribution in [3.8, 4) is 6.07 Å². The number of aryl methyl sites for hydroxylation is 1. The maximum Gasteiger partial charge on any atom is 0.149 e. The summed E-state index contributed by atoms with van der Waals surface area (Å²) in [5, 5.41) is 12.1. The molecule has 0 radical (unpaired) electrons. The lowest BCUT2D eigenvalue weighted by Gasteiger charge is -2.07. The minimum absolute atomic E-state index is 0.234. The number of rotatable bonds is 4. The van der Waals surface area contributed by atoms with Crippen molar-refractivity contribution in [2.75, 3.05) is 25.6 Å². The normalized spacial score (nSPS) is 9.73. The molecule has 80 valence electrons. The number of ether oxygens (including phenoxy) is 1. The highest BCUT2D eigenvalue weighted by Crippen LogP contribution is 2.19. The van der Waals surface area contributed by atoms with Gasteiger partial charge in [-0.2, -0.15) is 5.26 Å². The van der Waals surface area contributed by atoms with Crippen molar-refractivity contribution >= 4 is 17.4 Å². The molecule has 0 saturated heterocycles. The van der Waals surface area contributed by atoms with Crippen LogP contribution in [0.3, 0.4) is 0 Å². The van der Waals surface area contributed by atoms with E-state index in [4.69, 9.17) is 21.6 Å². The smallest absolute Gasteiger partial charge is 0.149 e. The maximum atomic E-state index is 8.79. The summed E-state index contributed by atoms with van der Waals surface area (Å²) >= 11 is 5.84. The van der Waals surface area contributed by atoms with Crippen molar-refractivity contribution in [1.29, 1.82) is 5.26 Å². The predicted molar refractivity (Wildman–Crippen MR) is 59.1 cm³/mol. The number of nitriles is 1. The molecule has 1 N–H and O–H groups in total. The number of pyridine rings is 1. The molecular formula is C10H12ClN3O. The van der Waals surface area contributed by atoms with Crippen molar-refractivity contribution in [3.63, 3.8) is 0 Å². The van der Waals surface area contributed by atoms with Crippen LogP contribution in [0.5, 0.6) is 0 Å². The molecule has 1 rings (SSSR count). The molecule has 0 unspecified atom stereocenters. The molecular weight excluding hydrogens is 214 g/mol. The number of methoxy groups -OCH3 is 1. The zero-order chi connectivity index (χ0) is 11.3. The fourth-order valence-corrected chi connectivity index (χ4v) is 1.42. The Morgan fingerprint density at radius 1 is 1.67 bits per heavy atom. The summed E-state index contributed by atoms with van der Waals surface area (Å²) in [5.74, 6) is 0.661. The van der Waals surface area contributed by atoms with Crippen molar-refractivity contribution < 1.29 is 4.74 Å². The Hall–Kier alpha value is -1.31. The van der Waals surface area contributed by atoms with Gasteiger partial charge in [0.1, 0.15) is 17.0 Å². The number of aromatic nitrogens is 1. The van der Waals surface area contributed by atoms with Crippen LogP contribution in [0.4, 0.5) is 5.82 Å². The van der Waals surface area contributed by atoms with Crippen LogP contribution in [0.2, 0.25) is 5.15 Å². The molecule has 0 aliphatic carbocycles. The molecule has 0 spiro atoms. The van der Waals surface area contributed by atoms with Gasteiger partial charge in [-0.1, -0.05) is 11.6 Å². The average Bonchev–Trinajstić information content (AvgIpc) is 2.18. The van der Waals surface area contributed by atoms with Crippen molar-refractivity contribution in [2.24, 2.45) is 0 Å². The van der Waals surface area contributed by atoms with Gasteiger partial charge < -0.3 is 10.1 Å². The summed E-state index contributed by atoms with van der Waals surface area (Å²) in [7, 11) is 1.63. The monoisotopic (exact) mass is 225 g/mol. The van der Waals surface area contributed by atoms with E-state index in [1.165, 1.54) is 0 Å². The van der Waals surface area contributed by atoms with Crippen molar-refractivity contribution in [2.45, 2.75) is 6.92 Å². The van der Waals surface area contributed by atoms with Crippen molar-refractivity contribution in [3.05, 3.63) is 22.3 Å². The molecule has 4 nitrogen and oxygen atoms in total. The maximum absolute atomic E-state index is 8.79. The predicted octanol–water partition coefficient (Wildman–Crippen LogP) is 1.97. The van der Waals surface area contributed by atoms with Gasteiger partial charge in [0.05, 0.1) is 12.2 Å². The molecule has 0 saturated carbocycles. The highest BCUT2D eigenvalue weighted by Gasteiger charge is 2.06. The van der Waals surface area contributed by atoms with Gasteiger partial charge in [-0.25, -0.2) is 4.98 Å². The fraction of sp³-hybridized carbons (Fsp3) is 0.400. The Balaban J connectivity index is 2.81. The van der Waals surface area contributed by atoms with E-state index < -0.39 is 0 Å². The largest absolute Gasteiger partial charge is 0.383 e. The number of nitrogens with zero attached hydrogens (tertiary/aromatic N) is 2. The molecule has 0 aliphatic heterocycles. The third-order valence-electron chi connectivity index (χ3n) is 1.90. The zero-order valence-corrected chi connectivity index (χ0v) is 9.43. The summed E-state index contributed by atoms with van der Waals surface area (Å²) in [5.41, 5.74) is 1.24. The van der Waals surface area contributed by atoms with Crippen LogP contribution in [0.25, 0.3) is 0 Å². The standard InChI is InChI=1S/C10H12ClN3O/c1-7-5-9(13-3-4-15-2)14-10(11)8(7)6-12/h5H,3-4H2,1-2H3,(H,13,14). The van der Waals surface area contributed by atoms with Gasteiger partial charge in [0.25, 0.3) is 0 Å². The molecule has 0 amide bonds. The number of anilines is 1. The molecule has 0 aromatic carbocycles. The number of halogens is 1. The molecule has 0 bridgehead atoms. The van der Waals surface area contributed by atoms with E-state index in [1.807, 2.05) is 13.0 Å². The van der Waals surface area contributed by atoms with E-state index in [9.17, 15) is 0 Å². The Morgan fingerprint density at radius 3 is 2.93 bits per heavy atom. The third-order valence-corrected chi connectivity index (χ3v) is 2.17. The van der Waals surface area contributed by atoms with Crippen LogP contribution in [-0.4, -0.2) is 25.2 Å². The van der Waals surface area contributed by atoms with E-state index >= 15 is 0 Å². The van der Waals surface area contributed by atoms with Gasteiger partial charge in [0, 0.05) is 13.7 Å². The lowest BCUT2D eigenvalue weighted by molar-refractivity contribution is 0.210. The van der Waals surface area contributed by atoms with E-state index in [0.717, 1.165) is 5.56 Å². The number of nitrogens with one attached hydrogen (secondary N) is 1. The van der Waals surface area contributed by atoms with Gasteiger partial charge >= 0.3 is 0 Å². The summed E-state index contributed by atoms with van der Waals surface area (Å²) in [6, 6.07) is 3.80. The van der Waals surface area contributed by atoms with Crippen LogP contribution in [0.15, 0.2) is 6.07 Å². The molecule has 15 heavy (non-hydrogen) atoms. The first kappa shape index (κ1) is 11.8. The molecule has 5 heteroatoms. The van der Waals surface area contributed by atoms with Gasteiger partial charge in [0.2, 0.25) is 0 Å². The van der Waals surface area contributed by atoms with E-state index in [1.54, 1.807) is 13.2 Å². The minimum atomic E-state index is 0.234. The summed E-state index contributed by atoms with van der Waals surface area (Å²) in [6.07, 6.45) is 0. The second-order valence-corrected chi connectivity index (χ2v) is 3.38. The van der Waals surface area contributed by atoms with Crippen LogP contribution in [-0.2, 0) is 4.74 Å². The average molecular weight is 226 g/mol. The first-order valence-corrected chi connectivity index (χ1v) is 4.87. The Labute approximate surface area is 93.8 Å². The summed E-state index contributed by atoms with van der Waals surface area (Å²) in [6.45, 7) is 3.08. The fourth-order valence-electron chi connectivity index (χ4n) is 1.14. The van der Waals surface area contributed by atoms with E-state index in [0.29, 0.717) is 24.5 Å². The second-order valence-electron chi connectivity index (χ2n) is 3.02. The zero-order valence-electron chi connectivity index (χ0n) is 8.67. The quantitative estimate of drug-likeness (QED) is 0.629. The first-order chi connectivity index (χ1) is 7.19. The highest BCUT2D eigenvalue weighted by molar-refractivity contribution is 6.30. The van der Waals surface area contributed by atoms with Crippen LogP contribution >= 0.6 is 11.6 Å². The summed E-state index contributed by atoms with van der Waals surface area (Å²) in [4.78, 5) is 4.05. The molecule has 1 aromatic rings. The van der Waals surface area contributed by atoms with Gasteiger partial charge in [-0.05, 0) is 18.6 Å². The lowest BCUT2D eigenvalue weighted by Crippen LogP contribution is -2.09. The number of hydrogen-bond acceptors (Lipinski definition) is 4. The number of hydrogen-bond donors (Lipinski definition) is 1. The third kappa shape index (κ3) is 3.08. The second kappa shape index (κ2) is 5.54. The molecule has 0 aliphatic rings. The minimum Gasteiger partial charge on any atom is -0.383 e. The van der Waals surface area contributed by atoms with Gasteiger partial charge in [-0.3, -0.25) is 0 Å². The van der Waals surface area contributed by atoms with Crippen LogP contribution in [0.1, 0.15) is 11.1 Å². The Kier molecular flexibility index (Phi) is 4.35. The lowest BCUT2D eigenvalue weighted by atomic mass is 10.2. The highest BCUT2D eigenvalue weighted by atomic mass is 35.5. The Morgan fingerprint density at radius 2 is 2.40 bits per heavy atom. The molecule has 0 atom stereocenters. The molecule has 1 aromatic heterocycles. The topological polar surface area (TPSA) is 57.9 Å². The first-order valence-electron chi connectivity index (χ1n) is 4.49. The van der Waals surface area contributed by atoms with Gasteiger partial charge in [0.15, 0.2) is 0 Å². The van der Waals surface area contributed by atoms with Crippen molar-refractivity contribution in [1.82, 2.24) is 4.98 Å². The van der Waals surface area contributed by atoms with E-state index in [2.05, 4.69) is 10.3 Å².